The van der Waals surface area contributed by atoms with Gasteiger partial charge in [0.25, 0.3) is 0 Å². The molecule has 0 amide bonds. The summed E-state index contributed by atoms with van der Waals surface area (Å²) in [6.45, 7) is 9.36. The van der Waals surface area contributed by atoms with Gasteiger partial charge in [0.2, 0.25) is 0 Å². The molecule has 0 spiro atoms. The van der Waals surface area contributed by atoms with Gasteiger partial charge in [-0.25, -0.2) is 4.39 Å². The molecule has 0 N–H and O–H groups in total. The van der Waals surface area contributed by atoms with E-state index in [2.05, 4.69) is 53.3 Å². The molecule has 0 saturated carbocycles. The van der Waals surface area contributed by atoms with Gasteiger partial charge in [0.05, 0.1) is 0 Å². The van der Waals surface area contributed by atoms with Crippen LogP contribution in [-0.2, 0) is 6.54 Å². The molecule has 1 aromatic heterocycles. The summed E-state index contributed by atoms with van der Waals surface area (Å²) >= 11 is 1.84. The van der Waals surface area contributed by atoms with Crippen LogP contribution in [0.1, 0.15) is 16.0 Å². The number of hydrogen-bond donors (Lipinski definition) is 0. The van der Waals surface area contributed by atoms with Gasteiger partial charge >= 0.3 is 0 Å². The number of piperazine rings is 1. The largest absolute Gasteiger partial charge is 0.369 e. The van der Waals surface area contributed by atoms with E-state index in [0.29, 0.717) is 0 Å². The molecule has 0 radical (unpaired) electrons. The molecule has 2 heterocycles. The van der Waals surface area contributed by atoms with Gasteiger partial charge in [-0.15, -0.1) is 11.3 Å². The highest BCUT2D eigenvalue weighted by atomic mass is 32.1. The first-order valence-electron chi connectivity index (χ1n) is 9.47. The van der Waals surface area contributed by atoms with E-state index in [9.17, 15) is 4.39 Å². The normalized spacial score (nSPS) is 15.3. The number of rotatable bonds is 4. The van der Waals surface area contributed by atoms with Crippen molar-refractivity contribution in [3.8, 4) is 11.1 Å². The fourth-order valence-electron chi connectivity index (χ4n) is 3.79. The van der Waals surface area contributed by atoms with Crippen LogP contribution in [0.15, 0.2) is 53.9 Å². The lowest BCUT2D eigenvalue weighted by Crippen LogP contribution is -2.45. The number of nitrogens with zero attached hydrogens (tertiary/aromatic N) is 2. The Morgan fingerprint density at radius 2 is 1.56 bits per heavy atom. The van der Waals surface area contributed by atoms with Gasteiger partial charge < -0.3 is 4.90 Å². The van der Waals surface area contributed by atoms with E-state index < -0.39 is 0 Å². The summed E-state index contributed by atoms with van der Waals surface area (Å²) in [7, 11) is 0. The first-order chi connectivity index (χ1) is 13.1. The Bertz CT molecular complexity index is 891. The molecule has 0 bridgehead atoms. The molecule has 27 heavy (non-hydrogen) atoms. The highest BCUT2D eigenvalue weighted by Gasteiger charge is 2.20. The standard InChI is InChI=1S/C23H25FN2S/c1-17-3-5-19(6-4-17)23-18(2)27-16-20(23)15-25-11-13-26(14-12-25)22-9-7-21(24)8-10-22/h3-10,16H,11-15H2,1-2H3. The van der Waals surface area contributed by atoms with Gasteiger partial charge in [0.1, 0.15) is 5.82 Å². The van der Waals surface area contributed by atoms with Crippen LogP contribution in [0, 0.1) is 19.7 Å². The summed E-state index contributed by atoms with van der Waals surface area (Å²) in [5.74, 6) is -0.172. The third-order valence-corrected chi connectivity index (χ3v) is 6.31. The zero-order chi connectivity index (χ0) is 18.8. The molecule has 140 valence electrons. The summed E-state index contributed by atoms with van der Waals surface area (Å²) in [6, 6.07) is 15.7. The highest BCUT2D eigenvalue weighted by Crippen LogP contribution is 2.33. The fourth-order valence-corrected chi connectivity index (χ4v) is 4.66. The van der Waals surface area contributed by atoms with Crippen molar-refractivity contribution in [1.82, 2.24) is 4.90 Å². The van der Waals surface area contributed by atoms with Crippen LogP contribution in [-0.4, -0.2) is 31.1 Å². The van der Waals surface area contributed by atoms with Gasteiger partial charge in [0, 0.05) is 43.3 Å². The summed E-state index contributed by atoms with van der Waals surface area (Å²) in [5, 5.41) is 2.32. The van der Waals surface area contributed by atoms with Crippen LogP contribution in [0.4, 0.5) is 10.1 Å². The monoisotopic (exact) mass is 380 g/mol. The van der Waals surface area contributed by atoms with Crippen molar-refractivity contribution in [2.75, 3.05) is 31.1 Å². The second kappa shape index (κ2) is 7.83. The Morgan fingerprint density at radius 1 is 0.889 bits per heavy atom. The average molecular weight is 381 g/mol. The van der Waals surface area contributed by atoms with Crippen LogP contribution in [0.5, 0.6) is 0 Å². The number of halogens is 1. The lowest BCUT2D eigenvalue weighted by Gasteiger charge is -2.36. The second-order valence-electron chi connectivity index (χ2n) is 7.30. The topological polar surface area (TPSA) is 6.48 Å². The van der Waals surface area contributed by atoms with Crippen molar-refractivity contribution in [3.05, 3.63) is 75.7 Å². The average Bonchev–Trinajstić information content (AvgIpc) is 3.04. The van der Waals surface area contributed by atoms with Gasteiger partial charge in [-0.05, 0) is 60.2 Å². The third kappa shape index (κ3) is 4.07. The number of aryl methyl sites for hydroxylation is 2. The van der Waals surface area contributed by atoms with Crippen molar-refractivity contribution < 1.29 is 4.39 Å². The number of benzene rings is 2. The van der Waals surface area contributed by atoms with Gasteiger partial charge in [-0.3, -0.25) is 4.90 Å². The molecule has 3 aromatic rings. The molecule has 2 nitrogen and oxygen atoms in total. The van der Waals surface area contributed by atoms with Crippen LogP contribution in [0.2, 0.25) is 0 Å². The molecule has 0 atom stereocenters. The molecule has 1 aliphatic rings. The number of hydrogen-bond acceptors (Lipinski definition) is 3. The lowest BCUT2D eigenvalue weighted by molar-refractivity contribution is 0.250. The molecule has 1 fully saturated rings. The van der Waals surface area contributed by atoms with Crippen molar-refractivity contribution >= 4 is 17.0 Å². The minimum Gasteiger partial charge on any atom is -0.369 e. The van der Waals surface area contributed by atoms with E-state index in [0.717, 1.165) is 38.4 Å². The van der Waals surface area contributed by atoms with Crippen LogP contribution in [0.3, 0.4) is 0 Å². The maximum Gasteiger partial charge on any atom is 0.123 e. The van der Waals surface area contributed by atoms with Crippen molar-refractivity contribution in [2.45, 2.75) is 20.4 Å². The van der Waals surface area contributed by atoms with Crippen molar-refractivity contribution in [1.29, 1.82) is 0 Å². The summed E-state index contributed by atoms with van der Waals surface area (Å²) in [5.41, 5.74) is 6.56. The van der Waals surface area contributed by atoms with E-state index in [1.54, 1.807) is 12.1 Å². The maximum atomic E-state index is 13.1. The summed E-state index contributed by atoms with van der Waals surface area (Å²) in [6.07, 6.45) is 0. The lowest BCUT2D eigenvalue weighted by atomic mass is 10.0. The Kier molecular flexibility index (Phi) is 5.28. The minimum absolute atomic E-state index is 0.172. The van der Waals surface area contributed by atoms with E-state index in [1.165, 1.54) is 27.1 Å². The quantitative estimate of drug-likeness (QED) is 0.590. The highest BCUT2D eigenvalue weighted by molar-refractivity contribution is 7.10. The molecular weight excluding hydrogens is 355 g/mol. The second-order valence-corrected chi connectivity index (χ2v) is 8.38. The van der Waals surface area contributed by atoms with Crippen LogP contribution in [0.25, 0.3) is 11.1 Å². The molecular formula is C23H25FN2S. The third-order valence-electron chi connectivity index (χ3n) is 5.35. The van der Waals surface area contributed by atoms with Crippen LogP contribution >= 0.6 is 11.3 Å². The van der Waals surface area contributed by atoms with E-state index in [1.807, 2.05) is 23.5 Å². The minimum atomic E-state index is -0.172. The molecule has 1 aliphatic heterocycles. The Morgan fingerprint density at radius 3 is 2.22 bits per heavy atom. The molecule has 0 unspecified atom stereocenters. The summed E-state index contributed by atoms with van der Waals surface area (Å²) in [4.78, 5) is 6.26. The van der Waals surface area contributed by atoms with E-state index in [4.69, 9.17) is 0 Å². The first-order valence-corrected chi connectivity index (χ1v) is 10.3. The maximum absolute atomic E-state index is 13.1. The Labute approximate surface area is 164 Å². The zero-order valence-electron chi connectivity index (χ0n) is 15.9. The van der Waals surface area contributed by atoms with Crippen LogP contribution < -0.4 is 4.90 Å². The number of thiophene rings is 1. The van der Waals surface area contributed by atoms with E-state index in [-0.39, 0.29) is 5.82 Å². The summed E-state index contributed by atoms with van der Waals surface area (Å²) < 4.78 is 13.1. The SMILES string of the molecule is Cc1ccc(-c2c(CN3CCN(c4ccc(F)cc4)CC3)csc2C)cc1. The van der Waals surface area contributed by atoms with E-state index >= 15 is 0 Å². The molecule has 4 rings (SSSR count). The van der Waals surface area contributed by atoms with Gasteiger partial charge in [-0.2, -0.15) is 0 Å². The Balaban J connectivity index is 1.44. The fraction of sp³-hybridized carbons (Fsp3) is 0.304. The molecule has 1 saturated heterocycles. The van der Waals surface area contributed by atoms with Crippen molar-refractivity contribution in [2.24, 2.45) is 0 Å². The van der Waals surface area contributed by atoms with Gasteiger partial charge in [0.15, 0.2) is 0 Å². The number of anilines is 1. The first kappa shape index (κ1) is 18.2. The Hall–Kier alpha value is -2.17. The predicted octanol–water partition coefficient (Wildman–Crippen LogP) is 5.49. The molecule has 2 aromatic carbocycles. The zero-order valence-corrected chi connectivity index (χ0v) is 16.7. The van der Waals surface area contributed by atoms with Crippen molar-refractivity contribution in [3.63, 3.8) is 0 Å². The van der Waals surface area contributed by atoms with Gasteiger partial charge in [-0.1, -0.05) is 29.8 Å². The molecule has 4 heteroatoms. The smallest absolute Gasteiger partial charge is 0.123 e. The predicted molar refractivity (Wildman–Crippen MR) is 113 cm³/mol. The molecule has 0 aliphatic carbocycles.